The first-order chi connectivity index (χ1) is 20.8. The molecule has 1 amide bonds. The zero-order valence-electron chi connectivity index (χ0n) is 24.2. The number of hydrogen-bond donors (Lipinski definition) is 0. The number of likely N-dealkylation sites (tertiary alicyclic amines) is 2. The van der Waals surface area contributed by atoms with E-state index in [1.807, 2.05) is 30.4 Å². The number of anilines is 3. The fourth-order valence-corrected chi connectivity index (χ4v) is 7.39. The van der Waals surface area contributed by atoms with Gasteiger partial charge in [-0.15, -0.1) is 5.10 Å². The van der Waals surface area contributed by atoms with E-state index in [4.69, 9.17) is 20.3 Å². The lowest BCUT2D eigenvalue weighted by molar-refractivity contribution is -0.137. The molecule has 0 unspecified atom stereocenters. The molecule has 11 nitrogen and oxygen atoms in total. The van der Waals surface area contributed by atoms with E-state index >= 15 is 0 Å². The molecule has 14 heteroatoms. The van der Waals surface area contributed by atoms with Crippen molar-refractivity contribution in [2.45, 2.75) is 32.2 Å². The fraction of sp³-hybridized carbons (Fsp3) is 0.448. The van der Waals surface area contributed by atoms with Crippen LogP contribution in [-0.2, 0) is 11.2 Å². The van der Waals surface area contributed by atoms with E-state index in [0.29, 0.717) is 47.3 Å². The van der Waals surface area contributed by atoms with Crippen molar-refractivity contribution in [3.63, 3.8) is 0 Å². The molecule has 222 valence electrons. The van der Waals surface area contributed by atoms with E-state index in [1.54, 1.807) is 17.0 Å². The van der Waals surface area contributed by atoms with Crippen LogP contribution in [-0.4, -0.2) is 88.2 Å². The molecule has 3 aromatic heterocycles. The van der Waals surface area contributed by atoms with Gasteiger partial charge in [-0.1, -0.05) is 29.6 Å². The molecule has 1 aromatic carbocycles. The predicted octanol–water partition coefficient (Wildman–Crippen LogP) is 4.14. The van der Waals surface area contributed by atoms with Crippen LogP contribution in [0.25, 0.3) is 16.2 Å². The summed E-state index contributed by atoms with van der Waals surface area (Å²) in [7, 11) is 3.91. The highest BCUT2D eigenvalue weighted by Crippen LogP contribution is 2.38. The zero-order valence-corrected chi connectivity index (χ0v) is 25.8. The molecule has 0 N–H and O–H groups in total. The normalized spacial score (nSPS) is 17.2. The third kappa shape index (κ3) is 5.54. The first kappa shape index (κ1) is 29.0. The van der Waals surface area contributed by atoms with Gasteiger partial charge in [0.25, 0.3) is 0 Å². The summed E-state index contributed by atoms with van der Waals surface area (Å²) >= 11 is 2.78. The SMILES string of the molecule is CCc1nc2sc(N(C)C[C@@H]3CCCN3CC(=O)N3CC(C#N)C3)nn2c1N(C)c1nc(-c2ccc(F)cc2)c(C#N)s1. The van der Waals surface area contributed by atoms with Crippen LogP contribution < -0.4 is 9.80 Å². The molecule has 0 saturated carbocycles. The number of aryl methyl sites for hydroxylation is 1. The van der Waals surface area contributed by atoms with Crippen LogP contribution in [0.15, 0.2) is 24.3 Å². The number of hydrogen-bond acceptors (Lipinski definition) is 11. The summed E-state index contributed by atoms with van der Waals surface area (Å²) in [5.74, 6) is 0.503. The summed E-state index contributed by atoms with van der Waals surface area (Å²) < 4.78 is 15.3. The van der Waals surface area contributed by atoms with Crippen molar-refractivity contribution in [1.29, 1.82) is 10.5 Å². The van der Waals surface area contributed by atoms with Gasteiger partial charge in [-0.3, -0.25) is 9.69 Å². The van der Waals surface area contributed by atoms with Crippen LogP contribution in [0.3, 0.4) is 0 Å². The monoisotopic (exact) mass is 618 g/mol. The minimum atomic E-state index is -0.344. The highest BCUT2D eigenvalue weighted by Gasteiger charge is 2.34. The van der Waals surface area contributed by atoms with Gasteiger partial charge in [0.2, 0.25) is 16.0 Å². The third-order valence-electron chi connectivity index (χ3n) is 8.08. The minimum Gasteiger partial charge on any atom is -0.348 e. The Kier molecular flexibility index (Phi) is 8.01. The first-order valence-electron chi connectivity index (χ1n) is 14.2. The molecule has 0 bridgehead atoms. The fourth-order valence-electron chi connectivity index (χ4n) is 5.66. The second kappa shape index (κ2) is 11.9. The lowest BCUT2D eigenvalue weighted by Gasteiger charge is -2.37. The van der Waals surface area contributed by atoms with Gasteiger partial charge in [-0.25, -0.2) is 14.4 Å². The smallest absolute Gasteiger partial charge is 0.236 e. The lowest BCUT2D eigenvalue weighted by atomic mass is 10.0. The van der Waals surface area contributed by atoms with Crippen LogP contribution in [0, 0.1) is 34.4 Å². The number of fused-ring (bicyclic) bond motifs is 1. The maximum absolute atomic E-state index is 13.5. The van der Waals surface area contributed by atoms with E-state index in [9.17, 15) is 14.4 Å². The molecule has 4 aromatic rings. The summed E-state index contributed by atoms with van der Waals surface area (Å²) in [5, 5.41) is 25.2. The van der Waals surface area contributed by atoms with Gasteiger partial charge in [0.15, 0.2) is 10.9 Å². The Bertz CT molecular complexity index is 1730. The Morgan fingerprint density at radius 1 is 1.14 bits per heavy atom. The summed E-state index contributed by atoms with van der Waals surface area (Å²) in [4.78, 5) is 31.7. The number of imidazole rings is 1. The quantitative estimate of drug-likeness (QED) is 0.273. The van der Waals surface area contributed by atoms with Gasteiger partial charge in [0, 0.05) is 45.3 Å². The summed E-state index contributed by atoms with van der Waals surface area (Å²) in [6.07, 6.45) is 2.75. The van der Waals surface area contributed by atoms with E-state index in [-0.39, 0.29) is 23.7 Å². The van der Waals surface area contributed by atoms with Gasteiger partial charge in [-0.2, -0.15) is 15.0 Å². The molecule has 0 aliphatic carbocycles. The van der Waals surface area contributed by atoms with Crippen molar-refractivity contribution < 1.29 is 9.18 Å². The standard InChI is InChI=1S/C29H31FN10OS2/c1-4-22-26(37(3)27-34-25(23(13-32)42-27)19-7-9-20(30)10-8-19)40-28(33-22)43-29(35-40)36(2)16-21-6-5-11-38(21)17-24(41)39-14-18(12-31)15-39/h7-10,18,21H,4-6,11,14-17H2,1-3H3/t21-/m0/s1. The van der Waals surface area contributed by atoms with Gasteiger partial charge >= 0.3 is 0 Å². The summed E-state index contributed by atoms with van der Waals surface area (Å²) in [6.45, 7) is 5.11. The van der Waals surface area contributed by atoms with Crippen molar-refractivity contribution in [3.8, 4) is 23.4 Å². The van der Waals surface area contributed by atoms with Crippen molar-refractivity contribution in [3.05, 3.63) is 40.7 Å². The van der Waals surface area contributed by atoms with Crippen LogP contribution in [0.4, 0.5) is 20.5 Å². The molecular weight excluding hydrogens is 588 g/mol. The van der Waals surface area contributed by atoms with Gasteiger partial charge < -0.3 is 14.7 Å². The maximum Gasteiger partial charge on any atom is 0.236 e. The average molecular weight is 619 g/mol. The second-order valence-electron chi connectivity index (χ2n) is 10.9. The van der Waals surface area contributed by atoms with Crippen LogP contribution in [0.5, 0.6) is 0 Å². The number of nitrogens with zero attached hydrogens (tertiary/aromatic N) is 10. The molecule has 5 heterocycles. The van der Waals surface area contributed by atoms with Crippen molar-refractivity contribution in [2.75, 3.05) is 56.6 Å². The molecule has 2 fully saturated rings. The Hall–Kier alpha value is -4.11. The molecule has 2 aliphatic rings. The minimum absolute atomic E-state index is 0.0358. The number of rotatable bonds is 9. The van der Waals surface area contributed by atoms with Crippen molar-refractivity contribution in [1.82, 2.24) is 29.4 Å². The number of likely N-dealkylation sites (N-methyl/N-ethyl adjacent to an activating group) is 1. The van der Waals surface area contributed by atoms with E-state index in [2.05, 4.69) is 21.9 Å². The molecule has 0 spiro atoms. The number of aromatic nitrogens is 4. The number of nitriles is 2. The van der Waals surface area contributed by atoms with E-state index in [0.717, 1.165) is 47.5 Å². The molecule has 2 aliphatic heterocycles. The molecule has 2 saturated heterocycles. The van der Waals surface area contributed by atoms with Gasteiger partial charge in [0.05, 0.1) is 24.2 Å². The van der Waals surface area contributed by atoms with Crippen LogP contribution in [0.1, 0.15) is 30.3 Å². The Morgan fingerprint density at radius 3 is 2.60 bits per heavy atom. The molecule has 1 atom stereocenters. The zero-order chi connectivity index (χ0) is 30.2. The Balaban J connectivity index is 1.21. The topological polar surface area (TPSA) is 121 Å². The van der Waals surface area contributed by atoms with E-state index in [1.165, 1.54) is 34.8 Å². The number of halogens is 1. The Morgan fingerprint density at radius 2 is 1.91 bits per heavy atom. The number of carbonyl (C=O) groups excluding carboxylic acids is 1. The van der Waals surface area contributed by atoms with E-state index < -0.39 is 0 Å². The largest absolute Gasteiger partial charge is 0.348 e. The lowest BCUT2D eigenvalue weighted by Crippen LogP contribution is -2.53. The average Bonchev–Trinajstić information content (AvgIpc) is 3.75. The molecular formula is C29H31FN10OS2. The van der Waals surface area contributed by atoms with Crippen LogP contribution >= 0.6 is 22.7 Å². The van der Waals surface area contributed by atoms with Gasteiger partial charge in [-0.05, 0) is 50.1 Å². The number of benzene rings is 1. The summed E-state index contributed by atoms with van der Waals surface area (Å²) in [5.41, 5.74) is 2.07. The molecule has 6 rings (SSSR count). The third-order valence-corrected chi connectivity index (χ3v) is 10.1. The predicted molar refractivity (Wildman–Crippen MR) is 164 cm³/mol. The molecule has 0 radical (unpaired) electrons. The highest BCUT2D eigenvalue weighted by atomic mass is 32.1. The van der Waals surface area contributed by atoms with Crippen molar-refractivity contribution >= 4 is 49.6 Å². The highest BCUT2D eigenvalue weighted by molar-refractivity contribution is 7.20. The van der Waals surface area contributed by atoms with Crippen LogP contribution in [0.2, 0.25) is 0 Å². The number of carbonyl (C=O) groups is 1. The van der Waals surface area contributed by atoms with Crippen molar-refractivity contribution in [2.24, 2.45) is 5.92 Å². The maximum atomic E-state index is 13.5. The number of thiazole rings is 1. The summed E-state index contributed by atoms with van der Waals surface area (Å²) in [6, 6.07) is 10.7. The molecule has 43 heavy (non-hydrogen) atoms. The number of amides is 1. The second-order valence-corrected chi connectivity index (χ2v) is 12.9. The van der Waals surface area contributed by atoms with Gasteiger partial charge in [0.1, 0.15) is 22.5 Å². The Labute approximate surface area is 257 Å². The first-order valence-corrected chi connectivity index (χ1v) is 15.8.